The van der Waals surface area contributed by atoms with E-state index in [1.165, 1.54) is 0 Å². The van der Waals surface area contributed by atoms with Crippen LogP contribution in [0.1, 0.15) is 41.7 Å². The zero-order valence-corrected chi connectivity index (χ0v) is 15.2. The minimum Gasteiger partial charge on any atom is -0.345 e. The number of carbonyl (C=O) groups excluding carboxylic acids is 2. The number of benzene rings is 2. The Morgan fingerprint density at radius 1 is 1.08 bits per heavy atom. The van der Waals surface area contributed by atoms with Crippen LogP contribution >= 0.6 is 23.2 Å². The average molecular weight is 377 g/mol. The molecule has 0 radical (unpaired) electrons. The van der Waals surface area contributed by atoms with Gasteiger partial charge in [-0.05, 0) is 55.7 Å². The minimum atomic E-state index is -0.264. The van der Waals surface area contributed by atoms with Crippen molar-refractivity contribution in [2.75, 3.05) is 5.32 Å². The van der Waals surface area contributed by atoms with Gasteiger partial charge in [0.1, 0.15) is 0 Å². The molecule has 1 fully saturated rings. The van der Waals surface area contributed by atoms with E-state index in [-0.39, 0.29) is 23.8 Å². The normalized spacial score (nSPS) is 14.7. The van der Waals surface area contributed by atoms with Crippen LogP contribution in [0.3, 0.4) is 0 Å². The number of amides is 2. The van der Waals surface area contributed by atoms with E-state index < -0.39 is 0 Å². The maximum absolute atomic E-state index is 12.4. The third-order valence-corrected chi connectivity index (χ3v) is 4.70. The molecule has 1 atom stereocenters. The van der Waals surface area contributed by atoms with Gasteiger partial charge >= 0.3 is 0 Å². The largest absolute Gasteiger partial charge is 0.345 e. The summed E-state index contributed by atoms with van der Waals surface area (Å²) in [5.41, 5.74) is 2.08. The van der Waals surface area contributed by atoms with Crippen molar-refractivity contribution in [3.8, 4) is 0 Å². The second kappa shape index (κ2) is 7.46. The van der Waals surface area contributed by atoms with E-state index in [1.807, 2.05) is 31.2 Å². The fourth-order valence-corrected chi connectivity index (χ4v) is 2.97. The Hall–Kier alpha value is -2.04. The lowest BCUT2D eigenvalue weighted by Crippen LogP contribution is -2.26. The Labute approximate surface area is 156 Å². The monoisotopic (exact) mass is 376 g/mol. The lowest BCUT2D eigenvalue weighted by atomic mass is 10.1. The van der Waals surface area contributed by atoms with E-state index in [4.69, 9.17) is 23.2 Å². The van der Waals surface area contributed by atoms with Crippen molar-refractivity contribution in [3.05, 3.63) is 63.6 Å². The van der Waals surface area contributed by atoms with Gasteiger partial charge in [-0.2, -0.15) is 0 Å². The number of anilines is 1. The Morgan fingerprint density at radius 2 is 1.76 bits per heavy atom. The number of halogens is 2. The molecule has 6 heteroatoms. The van der Waals surface area contributed by atoms with Crippen LogP contribution in [-0.4, -0.2) is 11.8 Å². The van der Waals surface area contributed by atoms with E-state index in [0.29, 0.717) is 15.6 Å². The third kappa shape index (κ3) is 4.53. The summed E-state index contributed by atoms with van der Waals surface area (Å²) in [5.74, 6) is -0.0197. The van der Waals surface area contributed by atoms with Gasteiger partial charge in [-0.25, -0.2) is 0 Å². The molecule has 1 aliphatic carbocycles. The standard InChI is InChI=1S/C19H18Cl2N2O2/c1-11(22-19(25)16-9-6-14(20)10-17(16)21)12-4-7-15(8-5-12)23-18(24)13-2-3-13/h4-11,13H,2-3H2,1H3,(H,22,25)(H,23,24). The smallest absolute Gasteiger partial charge is 0.253 e. The summed E-state index contributed by atoms with van der Waals surface area (Å²) in [6.07, 6.45) is 1.94. The molecule has 0 saturated heterocycles. The molecular formula is C19H18Cl2N2O2. The quantitative estimate of drug-likeness (QED) is 0.784. The van der Waals surface area contributed by atoms with Crippen molar-refractivity contribution >= 4 is 40.7 Å². The first-order valence-corrected chi connectivity index (χ1v) is 8.86. The van der Waals surface area contributed by atoms with Crippen molar-refractivity contribution in [1.29, 1.82) is 0 Å². The van der Waals surface area contributed by atoms with Crippen LogP contribution in [0.15, 0.2) is 42.5 Å². The van der Waals surface area contributed by atoms with Crippen LogP contribution in [0.2, 0.25) is 10.0 Å². The molecule has 1 aliphatic rings. The molecular weight excluding hydrogens is 359 g/mol. The molecule has 0 aromatic heterocycles. The fraction of sp³-hybridized carbons (Fsp3) is 0.263. The van der Waals surface area contributed by atoms with Gasteiger partial charge in [-0.15, -0.1) is 0 Å². The summed E-state index contributed by atoms with van der Waals surface area (Å²) < 4.78 is 0. The van der Waals surface area contributed by atoms with Gasteiger partial charge in [0.25, 0.3) is 5.91 Å². The van der Waals surface area contributed by atoms with Gasteiger partial charge in [0.05, 0.1) is 16.6 Å². The summed E-state index contributed by atoms with van der Waals surface area (Å²) >= 11 is 11.9. The van der Waals surface area contributed by atoms with Crippen LogP contribution in [0.4, 0.5) is 5.69 Å². The summed E-state index contributed by atoms with van der Waals surface area (Å²) in [6.45, 7) is 1.89. The minimum absolute atomic E-state index is 0.0754. The predicted molar refractivity (Wildman–Crippen MR) is 100 cm³/mol. The van der Waals surface area contributed by atoms with Crippen molar-refractivity contribution in [2.24, 2.45) is 5.92 Å². The lowest BCUT2D eigenvalue weighted by molar-refractivity contribution is -0.117. The van der Waals surface area contributed by atoms with Crippen molar-refractivity contribution in [2.45, 2.75) is 25.8 Å². The van der Waals surface area contributed by atoms with Gasteiger partial charge in [0, 0.05) is 16.6 Å². The Kier molecular flexibility index (Phi) is 5.30. The molecule has 2 aromatic carbocycles. The fourth-order valence-electron chi connectivity index (χ4n) is 2.48. The molecule has 1 saturated carbocycles. The van der Waals surface area contributed by atoms with Gasteiger partial charge < -0.3 is 10.6 Å². The van der Waals surface area contributed by atoms with Crippen LogP contribution < -0.4 is 10.6 Å². The Bertz CT molecular complexity index is 802. The Morgan fingerprint density at radius 3 is 2.36 bits per heavy atom. The maximum Gasteiger partial charge on any atom is 0.253 e. The van der Waals surface area contributed by atoms with Gasteiger partial charge in [-0.3, -0.25) is 9.59 Å². The predicted octanol–water partition coefficient (Wildman–Crippen LogP) is 4.83. The van der Waals surface area contributed by atoms with Gasteiger partial charge in [-0.1, -0.05) is 35.3 Å². The van der Waals surface area contributed by atoms with Crippen molar-refractivity contribution < 1.29 is 9.59 Å². The first kappa shape index (κ1) is 17.8. The highest BCUT2D eigenvalue weighted by Gasteiger charge is 2.29. The molecule has 0 spiro atoms. The highest BCUT2D eigenvalue weighted by atomic mass is 35.5. The highest BCUT2D eigenvalue weighted by Crippen LogP contribution is 2.30. The number of hydrogen-bond donors (Lipinski definition) is 2. The molecule has 2 aromatic rings. The van der Waals surface area contributed by atoms with Gasteiger partial charge in [0.15, 0.2) is 0 Å². The maximum atomic E-state index is 12.4. The first-order valence-electron chi connectivity index (χ1n) is 8.11. The number of carbonyl (C=O) groups is 2. The van der Waals surface area contributed by atoms with E-state index in [0.717, 1.165) is 24.1 Å². The molecule has 1 unspecified atom stereocenters. The van der Waals surface area contributed by atoms with Crippen LogP contribution in [0.25, 0.3) is 0 Å². The van der Waals surface area contributed by atoms with Crippen LogP contribution in [0.5, 0.6) is 0 Å². The molecule has 0 aliphatic heterocycles. The SMILES string of the molecule is CC(NC(=O)c1ccc(Cl)cc1Cl)c1ccc(NC(=O)C2CC2)cc1. The third-order valence-electron chi connectivity index (χ3n) is 4.15. The zero-order valence-electron chi connectivity index (χ0n) is 13.7. The summed E-state index contributed by atoms with van der Waals surface area (Å²) in [7, 11) is 0. The topological polar surface area (TPSA) is 58.2 Å². The molecule has 2 amide bonds. The molecule has 25 heavy (non-hydrogen) atoms. The van der Waals surface area contributed by atoms with Crippen molar-refractivity contribution in [3.63, 3.8) is 0 Å². The molecule has 0 heterocycles. The Balaban J connectivity index is 1.63. The van der Waals surface area contributed by atoms with E-state index in [1.54, 1.807) is 18.2 Å². The highest BCUT2D eigenvalue weighted by molar-refractivity contribution is 6.36. The average Bonchev–Trinajstić information content (AvgIpc) is 3.40. The van der Waals surface area contributed by atoms with Crippen molar-refractivity contribution in [1.82, 2.24) is 5.32 Å². The second-order valence-corrected chi connectivity index (χ2v) is 7.05. The van der Waals surface area contributed by atoms with Crippen LogP contribution in [-0.2, 0) is 4.79 Å². The number of rotatable bonds is 5. The number of hydrogen-bond acceptors (Lipinski definition) is 2. The zero-order chi connectivity index (χ0) is 18.0. The summed E-state index contributed by atoms with van der Waals surface area (Å²) in [5, 5.41) is 6.60. The summed E-state index contributed by atoms with van der Waals surface area (Å²) in [6, 6.07) is 12.0. The second-order valence-electron chi connectivity index (χ2n) is 6.20. The van der Waals surface area contributed by atoms with E-state index >= 15 is 0 Å². The van der Waals surface area contributed by atoms with E-state index in [9.17, 15) is 9.59 Å². The lowest BCUT2D eigenvalue weighted by Gasteiger charge is -2.16. The molecule has 0 bridgehead atoms. The van der Waals surface area contributed by atoms with E-state index in [2.05, 4.69) is 10.6 Å². The van der Waals surface area contributed by atoms with Gasteiger partial charge in [0.2, 0.25) is 5.91 Å². The number of nitrogens with one attached hydrogen (secondary N) is 2. The molecule has 3 rings (SSSR count). The molecule has 130 valence electrons. The summed E-state index contributed by atoms with van der Waals surface area (Å²) in [4.78, 5) is 24.1. The molecule has 4 nitrogen and oxygen atoms in total. The first-order chi connectivity index (χ1) is 11.9. The van der Waals surface area contributed by atoms with Crippen LogP contribution in [0, 0.1) is 5.92 Å². The molecule has 2 N–H and O–H groups in total.